The van der Waals surface area contributed by atoms with Crippen molar-refractivity contribution in [3.63, 3.8) is 0 Å². The lowest BCUT2D eigenvalue weighted by Gasteiger charge is -2.35. The summed E-state index contributed by atoms with van der Waals surface area (Å²) < 4.78 is 7.30. The van der Waals surface area contributed by atoms with E-state index in [-0.39, 0.29) is 11.2 Å². The third-order valence-corrected chi connectivity index (χ3v) is 6.79. The number of likely N-dealkylation sites (N-methyl/N-ethyl adjacent to an activating group) is 1. The Labute approximate surface area is 193 Å². The summed E-state index contributed by atoms with van der Waals surface area (Å²) in [5.41, 5.74) is 1.89. The van der Waals surface area contributed by atoms with Crippen LogP contribution in [0.3, 0.4) is 0 Å². The van der Waals surface area contributed by atoms with Crippen LogP contribution in [0, 0.1) is 0 Å². The Morgan fingerprint density at radius 3 is 2.34 bits per heavy atom. The fourth-order valence-electron chi connectivity index (χ4n) is 3.83. The molecule has 1 atom stereocenters. The molecule has 4 rings (SSSR count). The van der Waals surface area contributed by atoms with Crippen LogP contribution in [0.25, 0.3) is 17.1 Å². The van der Waals surface area contributed by atoms with Gasteiger partial charge in [-0.2, -0.15) is 0 Å². The summed E-state index contributed by atoms with van der Waals surface area (Å²) in [6.07, 6.45) is 0. The molecular formula is C24H29N5O2S. The Kier molecular flexibility index (Phi) is 7.12. The van der Waals surface area contributed by atoms with Crippen molar-refractivity contribution in [2.75, 3.05) is 39.8 Å². The number of para-hydroxylation sites is 1. The molecule has 1 aromatic heterocycles. The minimum Gasteiger partial charge on any atom is -0.497 e. The Morgan fingerprint density at radius 1 is 1.03 bits per heavy atom. The van der Waals surface area contributed by atoms with Gasteiger partial charge in [0.25, 0.3) is 0 Å². The number of methoxy groups -OCH3 is 1. The van der Waals surface area contributed by atoms with E-state index in [0.29, 0.717) is 5.16 Å². The largest absolute Gasteiger partial charge is 0.497 e. The predicted octanol–water partition coefficient (Wildman–Crippen LogP) is 3.59. The number of ether oxygens (including phenoxy) is 1. The maximum atomic E-state index is 13.1. The molecule has 0 saturated carbocycles. The van der Waals surface area contributed by atoms with Crippen LogP contribution in [-0.4, -0.2) is 75.6 Å². The van der Waals surface area contributed by atoms with E-state index in [2.05, 4.69) is 22.0 Å². The van der Waals surface area contributed by atoms with Gasteiger partial charge in [0, 0.05) is 37.4 Å². The van der Waals surface area contributed by atoms with Crippen molar-refractivity contribution in [1.82, 2.24) is 24.6 Å². The zero-order chi connectivity index (χ0) is 22.5. The number of carbonyl (C=O) groups excluding carboxylic acids is 1. The SMILES string of the molecule is CCN1CCN(C(=O)C(C)Sc2nnc(-c3ccc(OC)cc3)n2-c2ccccc2)CC1. The van der Waals surface area contributed by atoms with Gasteiger partial charge in [-0.1, -0.05) is 36.9 Å². The van der Waals surface area contributed by atoms with Crippen LogP contribution in [0.4, 0.5) is 0 Å². The van der Waals surface area contributed by atoms with Crippen molar-refractivity contribution in [3.05, 3.63) is 54.6 Å². The maximum Gasteiger partial charge on any atom is 0.235 e. The summed E-state index contributed by atoms with van der Waals surface area (Å²) in [5.74, 6) is 1.67. The number of rotatable bonds is 7. The van der Waals surface area contributed by atoms with Gasteiger partial charge in [-0.15, -0.1) is 10.2 Å². The molecule has 1 fully saturated rings. The molecule has 1 aliphatic heterocycles. The molecule has 2 aromatic carbocycles. The third-order valence-electron chi connectivity index (χ3n) is 5.76. The molecule has 8 heteroatoms. The molecule has 168 valence electrons. The van der Waals surface area contributed by atoms with E-state index in [1.807, 2.05) is 71.0 Å². The molecule has 0 spiro atoms. The highest BCUT2D eigenvalue weighted by molar-refractivity contribution is 8.00. The lowest BCUT2D eigenvalue weighted by Crippen LogP contribution is -2.50. The van der Waals surface area contributed by atoms with Crippen molar-refractivity contribution in [3.8, 4) is 22.8 Å². The summed E-state index contributed by atoms with van der Waals surface area (Å²) in [6.45, 7) is 8.56. The number of amides is 1. The molecule has 1 amide bonds. The predicted molar refractivity (Wildman–Crippen MR) is 127 cm³/mol. The first-order chi connectivity index (χ1) is 15.6. The van der Waals surface area contributed by atoms with Crippen LogP contribution in [0.2, 0.25) is 0 Å². The van der Waals surface area contributed by atoms with Crippen molar-refractivity contribution >= 4 is 17.7 Å². The number of hydrogen-bond acceptors (Lipinski definition) is 6. The smallest absolute Gasteiger partial charge is 0.235 e. The average molecular weight is 452 g/mol. The van der Waals surface area contributed by atoms with Gasteiger partial charge in [-0.05, 0) is 49.9 Å². The highest BCUT2D eigenvalue weighted by Crippen LogP contribution is 2.31. The fraction of sp³-hybridized carbons (Fsp3) is 0.375. The van der Waals surface area contributed by atoms with E-state index in [4.69, 9.17) is 4.74 Å². The summed E-state index contributed by atoms with van der Waals surface area (Å²) in [5, 5.41) is 9.41. The first-order valence-corrected chi connectivity index (χ1v) is 11.8. The molecule has 1 aliphatic rings. The number of aromatic nitrogens is 3. The summed E-state index contributed by atoms with van der Waals surface area (Å²) in [7, 11) is 1.65. The van der Waals surface area contributed by atoms with Gasteiger partial charge in [-0.3, -0.25) is 9.36 Å². The minimum absolute atomic E-state index is 0.152. The second-order valence-corrected chi connectivity index (χ2v) is 9.03. The van der Waals surface area contributed by atoms with Crippen molar-refractivity contribution in [1.29, 1.82) is 0 Å². The first kappa shape index (κ1) is 22.4. The van der Waals surface area contributed by atoms with Crippen LogP contribution in [0.15, 0.2) is 59.8 Å². The van der Waals surface area contributed by atoms with Crippen LogP contribution < -0.4 is 4.74 Å². The second kappa shape index (κ2) is 10.2. The van der Waals surface area contributed by atoms with Gasteiger partial charge in [-0.25, -0.2) is 0 Å². The van der Waals surface area contributed by atoms with Gasteiger partial charge < -0.3 is 14.5 Å². The van der Waals surface area contributed by atoms with Crippen molar-refractivity contribution < 1.29 is 9.53 Å². The molecule has 7 nitrogen and oxygen atoms in total. The Morgan fingerprint density at radius 2 is 1.72 bits per heavy atom. The van der Waals surface area contributed by atoms with E-state index in [1.165, 1.54) is 11.8 Å². The van der Waals surface area contributed by atoms with Gasteiger partial charge in [0.05, 0.1) is 12.4 Å². The molecular weight excluding hydrogens is 422 g/mol. The second-order valence-electron chi connectivity index (χ2n) is 7.73. The van der Waals surface area contributed by atoms with Crippen molar-refractivity contribution in [2.24, 2.45) is 0 Å². The van der Waals surface area contributed by atoms with E-state index >= 15 is 0 Å². The van der Waals surface area contributed by atoms with Gasteiger partial charge in [0.2, 0.25) is 5.91 Å². The molecule has 0 bridgehead atoms. The topological polar surface area (TPSA) is 63.5 Å². The number of carbonyl (C=O) groups is 1. The number of piperazine rings is 1. The summed E-state index contributed by atoms with van der Waals surface area (Å²) in [6, 6.07) is 17.8. The molecule has 2 heterocycles. The Bertz CT molecular complexity index is 1030. The summed E-state index contributed by atoms with van der Waals surface area (Å²) >= 11 is 1.46. The molecule has 1 unspecified atom stereocenters. The van der Waals surface area contributed by atoms with Crippen LogP contribution in [0.5, 0.6) is 5.75 Å². The van der Waals surface area contributed by atoms with E-state index in [9.17, 15) is 4.79 Å². The number of thioether (sulfide) groups is 1. The third kappa shape index (κ3) is 4.81. The fourth-order valence-corrected chi connectivity index (χ4v) is 4.78. The Balaban J connectivity index is 1.59. The maximum absolute atomic E-state index is 13.1. The first-order valence-electron chi connectivity index (χ1n) is 10.9. The van der Waals surface area contributed by atoms with Crippen LogP contribution >= 0.6 is 11.8 Å². The Hall–Kier alpha value is -2.84. The molecule has 0 radical (unpaired) electrons. The number of benzene rings is 2. The highest BCUT2D eigenvalue weighted by Gasteiger charge is 2.27. The summed E-state index contributed by atoms with van der Waals surface area (Å²) in [4.78, 5) is 17.4. The highest BCUT2D eigenvalue weighted by atomic mass is 32.2. The van der Waals surface area contributed by atoms with Crippen molar-refractivity contribution in [2.45, 2.75) is 24.3 Å². The molecule has 3 aromatic rings. The number of nitrogens with zero attached hydrogens (tertiary/aromatic N) is 5. The monoisotopic (exact) mass is 451 g/mol. The molecule has 1 saturated heterocycles. The molecule has 0 N–H and O–H groups in total. The average Bonchev–Trinajstić information content (AvgIpc) is 3.27. The quantitative estimate of drug-likeness (QED) is 0.512. The number of hydrogen-bond donors (Lipinski definition) is 0. The van der Waals surface area contributed by atoms with Crippen LogP contribution in [-0.2, 0) is 4.79 Å². The lowest BCUT2D eigenvalue weighted by atomic mass is 10.2. The van der Waals surface area contributed by atoms with E-state index in [1.54, 1.807) is 7.11 Å². The lowest BCUT2D eigenvalue weighted by molar-refractivity contribution is -0.132. The standard InChI is InChI=1S/C24H29N5O2S/c1-4-27-14-16-28(17-15-27)23(30)18(2)32-24-26-25-22(19-10-12-21(31-3)13-11-19)29(24)20-8-6-5-7-9-20/h5-13,18H,4,14-17H2,1-3H3. The minimum atomic E-state index is -0.251. The van der Waals surface area contributed by atoms with Gasteiger partial charge in [0.1, 0.15) is 5.75 Å². The zero-order valence-corrected chi connectivity index (χ0v) is 19.6. The van der Waals surface area contributed by atoms with E-state index < -0.39 is 0 Å². The van der Waals surface area contributed by atoms with Gasteiger partial charge in [0.15, 0.2) is 11.0 Å². The van der Waals surface area contributed by atoms with Gasteiger partial charge >= 0.3 is 0 Å². The normalized spacial score (nSPS) is 15.5. The zero-order valence-electron chi connectivity index (χ0n) is 18.8. The van der Waals surface area contributed by atoms with Crippen LogP contribution in [0.1, 0.15) is 13.8 Å². The van der Waals surface area contributed by atoms with E-state index in [0.717, 1.165) is 55.5 Å². The molecule has 0 aliphatic carbocycles. The molecule has 32 heavy (non-hydrogen) atoms.